The van der Waals surface area contributed by atoms with Crippen molar-refractivity contribution in [3.63, 3.8) is 0 Å². The fourth-order valence-electron chi connectivity index (χ4n) is 3.40. The van der Waals surface area contributed by atoms with Gasteiger partial charge in [-0.15, -0.1) is 0 Å². The molecule has 0 aliphatic heterocycles. The summed E-state index contributed by atoms with van der Waals surface area (Å²) in [4.78, 5) is 29.6. The summed E-state index contributed by atoms with van der Waals surface area (Å²) in [5, 5.41) is 6.58. The van der Waals surface area contributed by atoms with Crippen molar-refractivity contribution in [1.82, 2.24) is 19.3 Å². The first-order valence-corrected chi connectivity index (χ1v) is 9.92. The number of amides is 1. The van der Waals surface area contributed by atoms with E-state index in [2.05, 4.69) is 15.4 Å². The summed E-state index contributed by atoms with van der Waals surface area (Å²) in [6.07, 6.45) is -3.85. The molecule has 4 rings (SSSR count). The highest BCUT2D eigenvalue weighted by Crippen LogP contribution is 2.33. The topological polar surface area (TPSA) is 81.8 Å². The normalized spacial score (nSPS) is 11.7. The summed E-state index contributed by atoms with van der Waals surface area (Å²) < 4.78 is 67.8. The summed E-state index contributed by atoms with van der Waals surface area (Å²) in [5.74, 6) is -2.28. The Morgan fingerprint density at radius 2 is 1.79 bits per heavy atom. The van der Waals surface area contributed by atoms with Crippen molar-refractivity contribution in [2.45, 2.75) is 26.1 Å². The standard InChI is InChI=1S/C22H16F5N5O2/c1-12-29-20-16(11-28-32(20)15-5-2-13(23)3-6-15)21(34)31(12)9-8-19(33)30-14-4-7-18(24)17(10-14)22(25,26)27/h2-7,10-11H,8-9H2,1H3,(H,30,33). The number of hydrogen-bond donors (Lipinski definition) is 1. The van der Waals surface area contributed by atoms with Crippen LogP contribution in [-0.2, 0) is 17.5 Å². The maximum atomic E-state index is 13.4. The molecule has 4 aromatic rings. The average molecular weight is 477 g/mol. The van der Waals surface area contributed by atoms with E-state index in [-0.39, 0.29) is 35.5 Å². The van der Waals surface area contributed by atoms with Crippen LogP contribution in [0.2, 0.25) is 0 Å². The number of alkyl halides is 3. The number of carbonyl (C=O) groups excluding carboxylic acids is 1. The van der Waals surface area contributed by atoms with Gasteiger partial charge < -0.3 is 5.32 Å². The SMILES string of the molecule is Cc1nc2c(cnn2-c2ccc(F)cc2)c(=O)n1CCC(=O)Nc1ccc(F)c(C(F)(F)F)c1. The van der Waals surface area contributed by atoms with Crippen molar-refractivity contribution in [2.75, 3.05) is 5.32 Å². The first kappa shape index (κ1) is 23.1. The van der Waals surface area contributed by atoms with Crippen molar-refractivity contribution >= 4 is 22.6 Å². The van der Waals surface area contributed by atoms with Crippen LogP contribution in [-0.4, -0.2) is 25.2 Å². The maximum Gasteiger partial charge on any atom is 0.419 e. The average Bonchev–Trinajstić information content (AvgIpc) is 3.18. The highest BCUT2D eigenvalue weighted by Gasteiger charge is 2.34. The number of carbonyl (C=O) groups is 1. The Hall–Kier alpha value is -4.09. The minimum Gasteiger partial charge on any atom is -0.326 e. The van der Waals surface area contributed by atoms with Gasteiger partial charge in [-0.1, -0.05) is 0 Å². The molecule has 176 valence electrons. The van der Waals surface area contributed by atoms with E-state index >= 15 is 0 Å². The fraction of sp³-hybridized carbons (Fsp3) is 0.182. The summed E-state index contributed by atoms with van der Waals surface area (Å²) in [6, 6.07) is 7.58. The zero-order valence-electron chi connectivity index (χ0n) is 17.5. The Morgan fingerprint density at radius 3 is 2.47 bits per heavy atom. The van der Waals surface area contributed by atoms with Gasteiger partial charge in [0, 0.05) is 18.7 Å². The molecule has 34 heavy (non-hydrogen) atoms. The van der Waals surface area contributed by atoms with Gasteiger partial charge in [0.25, 0.3) is 5.56 Å². The van der Waals surface area contributed by atoms with Crippen molar-refractivity contribution < 1.29 is 26.7 Å². The monoisotopic (exact) mass is 477 g/mol. The number of fused-ring (bicyclic) bond motifs is 1. The Morgan fingerprint density at radius 1 is 1.09 bits per heavy atom. The van der Waals surface area contributed by atoms with Gasteiger partial charge in [0.15, 0.2) is 5.65 Å². The predicted octanol–water partition coefficient (Wildman–Crippen LogP) is 4.22. The number of benzene rings is 2. The van der Waals surface area contributed by atoms with E-state index < -0.39 is 34.8 Å². The van der Waals surface area contributed by atoms with E-state index in [0.717, 1.165) is 6.07 Å². The lowest BCUT2D eigenvalue weighted by molar-refractivity contribution is -0.140. The zero-order chi connectivity index (χ0) is 24.6. The largest absolute Gasteiger partial charge is 0.419 e. The van der Waals surface area contributed by atoms with Crippen molar-refractivity contribution in [2.24, 2.45) is 0 Å². The summed E-state index contributed by atoms with van der Waals surface area (Å²) >= 11 is 0. The molecule has 12 heteroatoms. The van der Waals surface area contributed by atoms with Crippen LogP contribution in [0.3, 0.4) is 0 Å². The predicted molar refractivity (Wildman–Crippen MR) is 112 cm³/mol. The molecule has 0 fully saturated rings. The lowest BCUT2D eigenvalue weighted by atomic mass is 10.1. The highest BCUT2D eigenvalue weighted by molar-refractivity contribution is 5.90. The minimum absolute atomic E-state index is 0.103. The third-order valence-corrected chi connectivity index (χ3v) is 5.07. The molecule has 0 atom stereocenters. The van der Waals surface area contributed by atoms with Gasteiger partial charge >= 0.3 is 6.18 Å². The second kappa shape index (κ2) is 8.69. The van der Waals surface area contributed by atoms with E-state index in [1.165, 1.54) is 39.7 Å². The third-order valence-electron chi connectivity index (χ3n) is 5.07. The van der Waals surface area contributed by atoms with E-state index in [1.54, 1.807) is 6.92 Å². The molecular formula is C22H16F5N5O2. The van der Waals surface area contributed by atoms with Gasteiger partial charge in [-0.05, 0) is 49.4 Å². The molecule has 0 spiro atoms. The minimum atomic E-state index is -4.91. The van der Waals surface area contributed by atoms with E-state index in [1.807, 2.05) is 0 Å². The molecule has 0 saturated heterocycles. The Balaban J connectivity index is 1.53. The van der Waals surface area contributed by atoms with E-state index in [0.29, 0.717) is 17.8 Å². The van der Waals surface area contributed by atoms with E-state index in [9.17, 15) is 31.5 Å². The molecule has 0 saturated carbocycles. The number of nitrogens with one attached hydrogen (secondary N) is 1. The lowest BCUT2D eigenvalue weighted by Gasteiger charge is -2.12. The number of hydrogen-bond acceptors (Lipinski definition) is 4. The van der Waals surface area contributed by atoms with Crippen molar-refractivity contribution in [1.29, 1.82) is 0 Å². The number of aryl methyl sites for hydroxylation is 1. The second-order valence-electron chi connectivity index (χ2n) is 7.38. The van der Waals surface area contributed by atoms with Gasteiger partial charge in [0.05, 0.1) is 17.4 Å². The highest BCUT2D eigenvalue weighted by atomic mass is 19.4. The number of halogens is 5. The van der Waals surface area contributed by atoms with Crippen LogP contribution in [0.15, 0.2) is 53.5 Å². The molecule has 0 aliphatic rings. The van der Waals surface area contributed by atoms with Gasteiger partial charge in [0.2, 0.25) is 5.91 Å². The molecule has 0 unspecified atom stereocenters. The van der Waals surface area contributed by atoms with Crippen LogP contribution in [0, 0.1) is 18.6 Å². The fourth-order valence-corrected chi connectivity index (χ4v) is 3.40. The quantitative estimate of drug-likeness (QED) is 0.437. The number of rotatable bonds is 5. The molecule has 1 amide bonds. The van der Waals surface area contributed by atoms with Gasteiger partial charge in [-0.3, -0.25) is 14.2 Å². The van der Waals surface area contributed by atoms with Crippen LogP contribution in [0.4, 0.5) is 27.6 Å². The molecule has 0 bridgehead atoms. The van der Waals surface area contributed by atoms with Gasteiger partial charge in [-0.25, -0.2) is 18.4 Å². The van der Waals surface area contributed by atoms with Crippen LogP contribution >= 0.6 is 0 Å². The van der Waals surface area contributed by atoms with Crippen LogP contribution in [0.1, 0.15) is 17.8 Å². The summed E-state index contributed by atoms with van der Waals surface area (Å²) in [5.41, 5.74) is -1.44. The Bertz CT molecular complexity index is 1440. The number of aromatic nitrogens is 4. The van der Waals surface area contributed by atoms with E-state index in [4.69, 9.17) is 0 Å². The van der Waals surface area contributed by atoms with Crippen molar-refractivity contribution in [3.8, 4) is 5.69 Å². The first-order valence-electron chi connectivity index (χ1n) is 9.92. The van der Waals surface area contributed by atoms with Crippen molar-refractivity contribution in [3.05, 3.63) is 82.0 Å². The Labute approximate surface area is 188 Å². The molecular weight excluding hydrogens is 461 g/mol. The number of nitrogens with zero attached hydrogens (tertiary/aromatic N) is 4. The van der Waals surface area contributed by atoms with Crippen LogP contribution < -0.4 is 10.9 Å². The summed E-state index contributed by atoms with van der Waals surface area (Å²) in [7, 11) is 0. The molecule has 0 radical (unpaired) electrons. The van der Waals surface area contributed by atoms with Crippen LogP contribution in [0.25, 0.3) is 16.7 Å². The Kier molecular flexibility index (Phi) is 5.90. The molecule has 2 aromatic carbocycles. The first-order chi connectivity index (χ1) is 16.0. The molecule has 0 aliphatic carbocycles. The molecule has 2 aromatic heterocycles. The zero-order valence-corrected chi connectivity index (χ0v) is 17.5. The lowest BCUT2D eigenvalue weighted by Crippen LogP contribution is -2.26. The summed E-state index contributed by atoms with van der Waals surface area (Å²) in [6.45, 7) is 1.45. The number of anilines is 1. The maximum absolute atomic E-state index is 13.4. The van der Waals surface area contributed by atoms with Crippen LogP contribution in [0.5, 0.6) is 0 Å². The molecule has 2 heterocycles. The molecule has 1 N–H and O–H groups in total. The smallest absolute Gasteiger partial charge is 0.326 e. The van der Waals surface area contributed by atoms with Gasteiger partial charge in [0.1, 0.15) is 22.8 Å². The molecule has 7 nitrogen and oxygen atoms in total. The second-order valence-corrected chi connectivity index (χ2v) is 7.38. The van der Waals surface area contributed by atoms with Gasteiger partial charge in [-0.2, -0.15) is 18.3 Å². The third kappa shape index (κ3) is 4.51.